The highest BCUT2D eigenvalue weighted by Gasteiger charge is 2.18. The van der Waals surface area contributed by atoms with Crippen LogP contribution in [0.3, 0.4) is 0 Å². The molecule has 0 saturated heterocycles. The van der Waals surface area contributed by atoms with Crippen molar-refractivity contribution in [2.75, 3.05) is 6.54 Å². The molecule has 1 N–H and O–H groups in total. The van der Waals surface area contributed by atoms with Gasteiger partial charge in [0.2, 0.25) is 5.89 Å². The fraction of sp³-hybridized carbons (Fsp3) is 0.429. The minimum atomic E-state index is -0.0755. The Balaban J connectivity index is 1.90. The molecule has 0 bridgehead atoms. The number of carbonyl (C=O) groups is 1. The molecule has 0 aliphatic rings. The average molecular weight is 381 g/mol. The molecule has 0 aliphatic carbocycles. The molecule has 1 amide bonds. The quantitative estimate of drug-likeness (QED) is 0.665. The van der Waals surface area contributed by atoms with Crippen molar-refractivity contribution < 1.29 is 9.21 Å². The molecular weight excluding hydrogens is 354 g/mol. The summed E-state index contributed by atoms with van der Waals surface area (Å²) in [5.41, 5.74) is 3.06. The predicted molar refractivity (Wildman–Crippen MR) is 107 cm³/mol. The van der Waals surface area contributed by atoms with Crippen molar-refractivity contribution in [3.8, 4) is 17.3 Å². The summed E-state index contributed by atoms with van der Waals surface area (Å²) >= 11 is 0. The lowest BCUT2D eigenvalue weighted by Gasteiger charge is -2.12. The Labute approximate surface area is 165 Å². The fourth-order valence-corrected chi connectivity index (χ4v) is 2.87. The van der Waals surface area contributed by atoms with Gasteiger partial charge in [0.15, 0.2) is 0 Å². The number of rotatable bonds is 7. The first-order valence-corrected chi connectivity index (χ1v) is 9.64. The maximum Gasteiger partial charge on any atom is 0.268 e. The molecular formula is C21H27N5O2. The predicted octanol–water partition coefficient (Wildman–Crippen LogP) is 4.13. The van der Waals surface area contributed by atoms with E-state index in [2.05, 4.69) is 48.3 Å². The zero-order valence-electron chi connectivity index (χ0n) is 17.1. The van der Waals surface area contributed by atoms with E-state index in [4.69, 9.17) is 4.42 Å². The molecule has 0 fully saturated rings. The largest absolute Gasteiger partial charge is 0.420 e. The van der Waals surface area contributed by atoms with Gasteiger partial charge < -0.3 is 9.73 Å². The van der Waals surface area contributed by atoms with E-state index in [1.165, 1.54) is 0 Å². The number of amides is 1. The number of hydrogen-bond donors (Lipinski definition) is 1. The molecule has 0 radical (unpaired) electrons. The summed E-state index contributed by atoms with van der Waals surface area (Å²) in [5.74, 6) is 1.59. The van der Waals surface area contributed by atoms with E-state index >= 15 is 0 Å². The fourth-order valence-electron chi connectivity index (χ4n) is 2.87. The Morgan fingerprint density at radius 2 is 1.96 bits per heavy atom. The Hall–Kier alpha value is -2.96. The molecule has 0 atom stereocenters. The van der Waals surface area contributed by atoms with Gasteiger partial charge in [-0.1, -0.05) is 33.8 Å². The lowest BCUT2D eigenvalue weighted by Crippen LogP contribution is -2.25. The van der Waals surface area contributed by atoms with Crippen molar-refractivity contribution in [2.45, 2.75) is 47.0 Å². The summed E-state index contributed by atoms with van der Waals surface area (Å²) in [7, 11) is 0. The van der Waals surface area contributed by atoms with E-state index in [-0.39, 0.29) is 11.8 Å². The van der Waals surface area contributed by atoms with E-state index in [1.807, 2.05) is 35.0 Å². The first kappa shape index (κ1) is 19.8. The highest BCUT2D eigenvalue weighted by atomic mass is 16.4. The van der Waals surface area contributed by atoms with Gasteiger partial charge >= 0.3 is 0 Å². The molecule has 1 aromatic carbocycles. The van der Waals surface area contributed by atoms with E-state index in [1.54, 1.807) is 6.92 Å². The third-order valence-corrected chi connectivity index (χ3v) is 4.43. The lowest BCUT2D eigenvalue weighted by atomic mass is 10.1. The summed E-state index contributed by atoms with van der Waals surface area (Å²) in [4.78, 5) is 12.5. The minimum absolute atomic E-state index is 0.0755. The van der Waals surface area contributed by atoms with Crippen LogP contribution in [-0.4, -0.2) is 32.4 Å². The first-order valence-electron chi connectivity index (χ1n) is 9.64. The van der Waals surface area contributed by atoms with Gasteiger partial charge in [0.1, 0.15) is 5.69 Å². The topological polar surface area (TPSA) is 85.8 Å². The molecule has 0 spiro atoms. The molecule has 0 unspecified atom stereocenters. The normalized spacial score (nSPS) is 11.4. The van der Waals surface area contributed by atoms with Gasteiger partial charge in [-0.2, -0.15) is 5.10 Å². The summed E-state index contributed by atoms with van der Waals surface area (Å²) in [6.07, 6.45) is 0.953. The van der Waals surface area contributed by atoms with Crippen LogP contribution < -0.4 is 5.32 Å². The van der Waals surface area contributed by atoms with Crippen LogP contribution in [0.2, 0.25) is 0 Å². The summed E-state index contributed by atoms with van der Waals surface area (Å²) in [5, 5.41) is 15.6. The third-order valence-electron chi connectivity index (χ3n) is 4.43. The highest BCUT2D eigenvalue weighted by Crippen LogP contribution is 2.26. The second-order valence-electron chi connectivity index (χ2n) is 7.64. The zero-order chi connectivity index (χ0) is 20.3. The number of aryl methyl sites for hydroxylation is 1. The molecule has 2 aromatic heterocycles. The molecule has 0 aliphatic heterocycles. The van der Waals surface area contributed by atoms with Gasteiger partial charge in [-0.3, -0.25) is 4.79 Å². The van der Waals surface area contributed by atoms with Crippen LogP contribution in [0.15, 0.2) is 34.7 Å². The van der Waals surface area contributed by atoms with Crippen molar-refractivity contribution in [3.05, 3.63) is 47.5 Å². The van der Waals surface area contributed by atoms with Crippen LogP contribution in [-0.2, 0) is 0 Å². The van der Waals surface area contributed by atoms with E-state index < -0.39 is 0 Å². The van der Waals surface area contributed by atoms with Crippen LogP contribution in [0, 0.1) is 12.8 Å². The smallest absolute Gasteiger partial charge is 0.268 e. The number of benzene rings is 1. The summed E-state index contributed by atoms with van der Waals surface area (Å²) in [6, 6.07) is 9.43. The van der Waals surface area contributed by atoms with Gasteiger partial charge in [-0.25, -0.2) is 4.68 Å². The highest BCUT2D eigenvalue weighted by molar-refractivity contribution is 5.94. The average Bonchev–Trinajstić information content (AvgIpc) is 3.28. The second kappa shape index (κ2) is 8.37. The van der Waals surface area contributed by atoms with Crippen LogP contribution in [0.25, 0.3) is 17.3 Å². The molecule has 28 heavy (non-hydrogen) atoms. The molecule has 148 valence electrons. The van der Waals surface area contributed by atoms with E-state index in [9.17, 15) is 4.79 Å². The number of carbonyl (C=O) groups excluding carboxylic acids is 1. The van der Waals surface area contributed by atoms with Crippen LogP contribution >= 0.6 is 0 Å². The standard InChI is InChI=1S/C21H27N5O2/c1-13(2)9-10-22-20(27)16-7-6-8-17(11-16)26-19(14(3)4)12-18(25-26)21-24-23-15(5)28-21/h6-8,11-14H,9-10H2,1-5H3,(H,22,27). The first-order chi connectivity index (χ1) is 13.3. The van der Waals surface area contributed by atoms with Gasteiger partial charge in [0.05, 0.1) is 5.69 Å². The van der Waals surface area contributed by atoms with Crippen molar-refractivity contribution in [1.82, 2.24) is 25.3 Å². The number of hydrogen-bond acceptors (Lipinski definition) is 5. The van der Waals surface area contributed by atoms with Crippen LogP contribution in [0.1, 0.15) is 62.0 Å². The lowest BCUT2D eigenvalue weighted by molar-refractivity contribution is 0.0952. The Bertz CT molecular complexity index is 955. The molecule has 3 aromatic rings. The Morgan fingerprint density at radius 1 is 1.18 bits per heavy atom. The Morgan fingerprint density at radius 3 is 2.61 bits per heavy atom. The van der Waals surface area contributed by atoms with Gasteiger partial charge in [-0.15, -0.1) is 10.2 Å². The molecule has 3 rings (SSSR count). The van der Waals surface area contributed by atoms with Crippen LogP contribution in [0.4, 0.5) is 0 Å². The summed E-state index contributed by atoms with van der Waals surface area (Å²) in [6.45, 7) is 10.9. The van der Waals surface area contributed by atoms with Crippen molar-refractivity contribution >= 4 is 5.91 Å². The third kappa shape index (κ3) is 4.47. The van der Waals surface area contributed by atoms with Gasteiger partial charge in [0, 0.05) is 24.7 Å². The van der Waals surface area contributed by atoms with Crippen molar-refractivity contribution in [1.29, 1.82) is 0 Å². The van der Waals surface area contributed by atoms with Crippen LogP contribution in [0.5, 0.6) is 0 Å². The monoisotopic (exact) mass is 381 g/mol. The molecule has 2 heterocycles. The maximum absolute atomic E-state index is 12.5. The Kier molecular flexibility index (Phi) is 5.92. The van der Waals surface area contributed by atoms with Crippen molar-refractivity contribution in [3.63, 3.8) is 0 Å². The minimum Gasteiger partial charge on any atom is -0.420 e. The number of nitrogens with zero attached hydrogens (tertiary/aromatic N) is 4. The van der Waals surface area contributed by atoms with Gasteiger partial charge in [0.25, 0.3) is 11.8 Å². The number of aromatic nitrogens is 4. The van der Waals surface area contributed by atoms with E-state index in [0.29, 0.717) is 35.5 Å². The summed E-state index contributed by atoms with van der Waals surface area (Å²) < 4.78 is 7.35. The SMILES string of the molecule is Cc1nnc(-c2cc(C(C)C)n(-c3cccc(C(=O)NCCC(C)C)c3)n2)o1. The number of nitrogens with one attached hydrogen (secondary N) is 1. The van der Waals surface area contributed by atoms with Gasteiger partial charge in [-0.05, 0) is 42.5 Å². The molecule has 0 saturated carbocycles. The zero-order valence-corrected chi connectivity index (χ0v) is 17.1. The van der Waals surface area contributed by atoms with E-state index in [0.717, 1.165) is 17.8 Å². The molecule has 7 heteroatoms. The van der Waals surface area contributed by atoms with Crippen molar-refractivity contribution in [2.24, 2.45) is 5.92 Å². The maximum atomic E-state index is 12.5. The second-order valence-corrected chi connectivity index (χ2v) is 7.64. The molecule has 7 nitrogen and oxygen atoms in total.